The van der Waals surface area contributed by atoms with Crippen molar-refractivity contribution in [3.63, 3.8) is 0 Å². The number of ether oxygens (including phenoxy) is 2. The Morgan fingerprint density at radius 1 is 0.844 bits per heavy atom. The van der Waals surface area contributed by atoms with E-state index in [1.165, 1.54) is 13.0 Å². The number of rotatable bonds is 13. The highest BCUT2D eigenvalue weighted by Gasteiger charge is 2.64. The molecule has 12 nitrogen and oxygen atoms in total. The van der Waals surface area contributed by atoms with Gasteiger partial charge in [-0.1, -0.05) is 72.8 Å². The lowest BCUT2D eigenvalue weighted by Crippen LogP contribution is -2.53. The van der Waals surface area contributed by atoms with Crippen LogP contribution in [0.3, 0.4) is 0 Å². The second-order valence-electron chi connectivity index (χ2n) is 10.5. The summed E-state index contributed by atoms with van der Waals surface area (Å²) in [5.41, 5.74) is 2.24. The molecule has 0 aromatic heterocycles. The van der Waals surface area contributed by atoms with E-state index in [-0.39, 0.29) is 6.42 Å². The van der Waals surface area contributed by atoms with Gasteiger partial charge in [0.2, 0.25) is 0 Å². The smallest absolute Gasteiger partial charge is 0.377 e. The molecule has 1 heterocycles. The van der Waals surface area contributed by atoms with Gasteiger partial charge >= 0.3 is 29.7 Å². The Hall–Kier alpha value is -5.14. The normalized spacial score (nSPS) is 18.4. The van der Waals surface area contributed by atoms with Crippen LogP contribution >= 0.6 is 0 Å². The van der Waals surface area contributed by atoms with Crippen molar-refractivity contribution in [2.75, 3.05) is 6.54 Å². The van der Waals surface area contributed by atoms with Gasteiger partial charge in [0.25, 0.3) is 5.91 Å². The molecule has 0 spiro atoms. The van der Waals surface area contributed by atoms with E-state index in [4.69, 9.17) is 9.47 Å². The number of carbonyl (C=O) groups is 5. The lowest BCUT2D eigenvalue weighted by Gasteiger charge is -2.36. The monoisotopic (exact) mass is 623 g/mol. The number of carboxylic acid groups (broad SMARTS) is 4. The SMILES string of the molecule is CC(C(CCc1ccccc1)c1ccc(-c2ccccc2)c(F)c1)N(CC(=O)O)C(=O)C1OC(C(=O)O)(C(=O)O)OC1C(=O)O. The molecule has 4 atom stereocenters. The van der Waals surface area contributed by atoms with Gasteiger partial charge in [0, 0.05) is 17.5 Å². The number of benzene rings is 3. The van der Waals surface area contributed by atoms with Crippen molar-refractivity contribution in [3.8, 4) is 11.1 Å². The Morgan fingerprint density at radius 3 is 1.96 bits per heavy atom. The summed E-state index contributed by atoms with van der Waals surface area (Å²) < 4.78 is 25.3. The third kappa shape index (κ3) is 7.00. The third-order valence-electron chi connectivity index (χ3n) is 7.67. The zero-order valence-corrected chi connectivity index (χ0v) is 23.9. The zero-order valence-electron chi connectivity index (χ0n) is 23.9. The van der Waals surface area contributed by atoms with Gasteiger partial charge in [0.05, 0.1) is 0 Å². The summed E-state index contributed by atoms with van der Waals surface area (Å²) in [4.78, 5) is 62.0. The quantitative estimate of drug-likeness (QED) is 0.205. The summed E-state index contributed by atoms with van der Waals surface area (Å²) in [7, 11) is 0. The number of amides is 1. The maximum atomic E-state index is 15.5. The van der Waals surface area contributed by atoms with Gasteiger partial charge in [-0.3, -0.25) is 9.59 Å². The van der Waals surface area contributed by atoms with Crippen LogP contribution in [0, 0.1) is 5.82 Å². The van der Waals surface area contributed by atoms with Gasteiger partial charge in [0.1, 0.15) is 12.4 Å². The first-order valence-corrected chi connectivity index (χ1v) is 13.8. The highest BCUT2D eigenvalue weighted by atomic mass is 19.1. The molecule has 1 fully saturated rings. The lowest BCUT2D eigenvalue weighted by atomic mass is 9.85. The number of nitrogens with zero attached hydrogens (tertiary/aromatic N) is 1. The molecule has 3 aromatic rings. The summed E-state index contributed by atoms with van der Waals surface area (Å²) in [5, 5.41) is 38.4. The van der Waals surface area contributed by atoms with Crippen molar-refractivity contribution >= 4 is 29.8 Å². The number of hydrogen-bond acceptors (Lipinski definition) is 7. The zero-order chi connectivity index (χ0) is 32.9. The van der Waals surface area contributed by atoms with Crippen LogP contribution in [0.5, 0.6) is 0 Å². The van der Waals surface area contributed by atoms with Crippen LogP contribution in [0.15, 0.2) is 78.9 Å². The van der Waals surface area contributed by atoms with E-state index in [0.717, 1.165) is 10.5 Å². The fourth-order valence-electron chi connectivity index (χ4n) is 5.38. The second-order valence-corrected chi connectivity index (χ2v) is 10.5. The molecule has 1 saturated heterocycles. The van der Waals surface area contributed by atoms with E-state index in [0.29, 0.717) is 23.1 Å². The molecule has 1 aliphatic rings. The average Bonchev–Trinajstić information content (AvgIpc) is 3.44. The largest absolute Gasteiger partial charge is 0.480 e. The lowest BCUT2D eigenvalue weighted by molar-refractivity contribution is -0.221. The molecule has 0 bridgehead atoms. The van der Waals surface area contributed by atoms with E-state index in [1.54, 1.807) is 42.5 Å². The molecular formula is C32H30FNO11. The number of carbonyl (C=O) groups excluding carboxylic acids is 1. The first-order valence-electron chi connectivity index (χ1n) is 13.8. The first-order chi connectivity index (χ1) is 21.4. The topological polar surface area (TPSA) is 188 Å². The van der Waals surface area contributed by atoms with E-state index in [2.05, 4.69) is 0 Å². The Balaban J connectivity index is 1.75. The fourth-order valence-corrected chi connectivity index (χ4v) is 5.38. The highest BCUT2D eigenvalue weighted by Crippen LogP contribution is 2.35. The molecule has 0 radical (unpaired) electrons. The number of aliphatic carboxylic acids is 4. The molecule has 1 amide bonds. The minimum absolute atomic E-state index is 0.275. The Kier molecular flexibility index (Phi) is 9.95. The minimum atomic E-state index is -3.52. The predicted octanol–water partition coefficient (Wildman–Crippen LogP) is 3.24. The molecule has 4 rings (SSSR count). The van der Waals surface area contributed by atoms with E-state index in [1.807, 2.05) is 30.3 Å². The standard InChI is InChI=1S/C32H30FNO11/c1-18(34(17-25(35)36)28(37)26-27(29(38)39)45-32(44-26,30(40)41)31(42)43)22(14-12-19-8-4-2-5-9-19)21-13-15-23(24(33)16-21)20-10-6-3-7-11-20/h2-11,13,15-16,18,22,26-27H,12,14,17H2,1H3,(H,35,36)(H,38,39)(H,40,41)(H,42,43). The van der Waals surface area contributed by atoms with Crippen LogP contribution in [0.25, 0.3) is 11.1 Å². The summed E-state index contributed by atoms with van der Waals surface area (Å²) in [6.07, 6.45) is -4.02. The molecule has 0 saturated carbocycles. The van der Waals surface area contributed by atoms with Crippen molar-refractivity contribution in [1.82, 2.24) is 4.90 Å². The predicted molar refractivity (Wildman–Crippen MR) is 154 cm³/mol. The van der Waals surface area contributed by atoms with Crippen molar-refractivity contribution in [2.24, 2.45) is 0 Å². The second kappa shape index (κ2) is 13.7. The van der Waals surface area contributed by atoms with Gasteiger partial charge < -0.3 is 34.8 Å². The molecular weight excluding hydrogens is 593 g/mol. The van der Waals surface area contributed by atoms with Crippen LogP contribution in [0.2, 0.25) is 0 Å². The number of aryl methyl sites for hydroxylation is 1. The summed E-state index contributed by atoms with van der Waals surface area (Å²) in [6.45, 7) is 0.485. The van der Waals surface area contributed by atoms with Crippen molar-refractivity contribution in [2.45, 2.75) is 49.7 Å². The Morgan fingerprint density at radius 2 is 1.42 bits per heavy atom. The number of carboxylic acids is 4. The summed E-state index contributed by atoms with van der Waals surface area (Å²) in [6, 6.07) is 21.4. The summed E-state index contributed by atoms with van der Waals surface area (Å²) >= 11 is 0. The molecule has 1 aliphatic heterocycles. The van der Waals surface area contributed by atoms with Crippen LogP contribution in [0.1, 0.15) is 30.4 Å². The number of hydrogen-bond donors (Lipinski definition) is 4. The van der Waals surface area contributed by atoms with E-state index < -0.39 is 72.1 Å². The minimum Gasteiger partial charge on any atom is -0.480 e. The van der Waals surface area contributed by atoms with Crippen LogP contribution < -0.4 is 0 Å². The maximum Gasteiger partial charge on any atom is 0.377 e. The van der Waals surface area contributed by atoms with Crippen molar-refractivity contribution < 1.29 is 58.3 Å². The molecule has 4 unspecified atom stereocenters. The van der Waals surface area contributed by atoms with Crippen LogP contribution in [-0.2, 0) is 39.9 Å². The third-order valence-corrected chi connectivity index (χ3v) is 7.67. The Bertz CT molecular complexity index is 1570. The number of halogens is 1. The Labute approximate surface area is 256 Å². The van der Waals surface area contributed by atoms with Gasteiger partial charge in [0.15, 0.2) is 12.2 Å². The molecule has 236 valence electrons. The molecule has 45 heavy (non-hydrogen) atoms. The molecule has 4 N–H and O–H groups in total. The highest BCUT2D eigenvalue weighted by molar-refractivity contribution is 6.02. The van der Waals surface area contributed by atoms with Crippen LogP contribution in [-0.4, -0.2) is 85.7 Å². The van der Waals surface area contributed by atoms with Gasteiger partial charge in [-0.2, -0.15) is 0 Å². The van der Waals surface area contributed by atoms with Gasteiger partial charge in [-0.15, -0.1) is 0 Å². The van der Waals surface area contributed by atoms with Crippen molar-refractivity contribution in [1.29, 1.82) is 0 Å². The van der Waals surface area contributed by atoms with E-state index >= 15 is 4.39 Å². The van der Waals surface area contributed by atoms with Crippen LogP contribution in [0.4, 0.5) is 4.39 Å². The van der Waals surface area contributed by atoms with Gasteiger partial charge in [-0.05, 0) is 42.5 Å². The molecule has 0 aliphatic carbocycles. The maximum absolute atomic E-state index is 15.5. The molecule has 13 heteroatoms. The van der Waals surface area contributed by atoms with E-state index in [9.17, 15) is 44.4 Å². The molecule has 3 aromatic carbocycles. The summed E-state index contributed by atoms with van der Waals surface area (Å²) in [5.74, 6) is -14.0. The first kappa shape index (κ1) is 32.8. The van der Waals surface area contributed by atoms with Crippen molar-refractivity contribution in [3.05, 3.63) is 95.8 Å². The average molecular weight is 624 g/mol. The van der Waals surface area contributed by atoms with Gasteiger partial charge in [-0.25, -0.2) is 18.8 Å². The fraction of sp³-hybridized carbons (Fsp3) is 0.281.